The van der Waals surface area contributed by atoms with Gasteiger partial charge < -0.3 is 16.2 Å². The second kappa shape index (κ2) is 6.03. The standard InChI is InChI=1S/C11H19N3O3S/c1-8(4-5-15)7-14-10-3-2-9(12)6-11(10)18(13,16)17/h2-3,6,8,14-15H,4-5,7,12H2,1H3,(H2,13,16,17). The van der Waals surface area contributed by atoms with Gasteiger partial charge in [-0.2, -0.15) is 0 Å². The molecule has 6 nitrogen and oxygen atoms in total. The second-order valence-electron chi connectivity index (χ2n) is 4.30. The van der Waals surface area contributed by atoms with E-state index in [1.54, 1.807) is 12.1 Å². The zero-order valence-electron chi connectivity index (χ0n) is 10.3. The lowest BCUT2D eigenvalue weighted by molar-refractivity contribution is 0.266. The molecular weight excluding hydrogens is 254 g/mol. The number of sulfonamides is 1. The Morgan fingerprint density at radius 1 is 1.44 bits per heavy atom. The molecule has 6 N–H and O–H groups in total. The van der Waals surface area contributed by atoms with Crippen LogP contribution in [0.4, 0.5) is 11.4 Å². The third-order valence-corrected chi connectivity index (χ3v) is 3.53. The van der Waals surface area contributed by atoms with Crippen LogP contribution in [0.25, 0.3) is 0 Å². The summed E-state index contributed by atoms with van der Waals surface area (Å²) in [6, 6.07) is 4.52. The van der Waals surface area contributed by atoms with E-state index in [1.807, 2.05) is 6.92 Å². The average Bonchev–Trinajstić information content (AvgIpc) is 2.26. The molecule has 0 aliphatic heterocycles. The van der Waals surface area contributed by atoms with Crippen molar-refractivity contribution >= 4 is 21.4 Å². The third-order valence-electron chi connectivity index (χ3n) is 2.58. The van der Waals surface area contributed by atoms with Crippen LogP contribution in [-0.2, 0) is 10.0 Å². The van der Waals surface area contributed by atoms with Crippen LogP contribution in [0.2, 0.25) is 0 Å². The SMILES string of the molecule is CC(CCO)CNc1ccc(N)cc1S(N)(=O)=O. The Kier molecular flexibility index (Phi) is 4.94. The third kappa shape index (κ3) is 4.17. The van der Waals surface area contributed by atoms with Crippen LogP contribution in [0.3, 0.4) is 0 Å². The number of primary sulfonamides is 1. The number of hydrogen-bond donors (Lipinski definition) is 4. The topological polar surface area (TPSA) is 118 Å². The highest BCUT2D eigenvalue weighted by Gasteiger charge is 2.14. The monoisotopic (exact) mass is 273 g/mol. The summed E-state index contributed by atoms with van der Waals surface area (Å²) in [5.74, 6) is 0.223. The predicted molar refractivity (Wildman–Crippen MR) is 71.6 cm³/mol. The Morgan fingerprint density at radius 2 is 2.11 bits per heavy atom. The van der Waals surface area contributed by atoms with Crippen LogP contribution < -0.4 is 16.2 Å². The van der Waals surface area contributed by atoms with Crippen LogP contribution in [0.5, 0.6) is 0 Å². The van der Waals surface area contributed by atoms with Crippen LogP contribution in [0.15, 0.2) is 23.1 Å². The van der Waals surface area contributed by atoms with Crippen molar-refractivity contribution in [3.63, 3.8) is 0 Å². The zero-order chi connectivity index (χ0) is 13.8. The molecule has 0 amide bonds. The molecule has 102 valence electrons. The number of anilines is 2. The molecule has 0 radical (unpaired) electrons. The second-order valence-corrected chi connectivity index (χ2v) is 5.83. The van der Waals surface area contributed by atoms with E-state index in [0.29, 0.717) is 24.3 Å². The summed E-state index contributed by atoms with van der Waals surface area (Å²) in [5, 5.41) is 16.9. The van der Waals surface area contributed by atoms with Crippen molar-refractivity contribution in [3.8, 4) is 0 Å². The molecule has 0 fully saturated rings. The number of nitrogens with two attached hydrogens (primary N) is 2. The fourth-order valence-electron chi connectivity index (χ4n) is 1.53. The smallest absolute Gasteiger partial charge is 0.240 e. The van der Waals surface area contributed by atoms with Gasteiger partial charge in [-0.1, -0.05) is 6.92 Å². The first-order valence-corrected chi connectivity index (χ1v) is 7.16. The lowest BCUT2D eigenvalue weighted by Crippen LogP contribution is -2.18. The highest BCUT2D eigenvalue weighted by Crippen LogP contribution is 2.23. The Bertz CT molecular complexity index is 502. The minimum atomic E-state index is -3.81. The maximum Gasteiger partial charge on any atom is 0.240 e. The number of aliphatic hydroxyl groups excluding tert-OH is 1. The Balaban J connectivity index is 2.89. The van der Waals surface area contributed by atoms with Crippen LogP contribution in [0.1, 0.15) is 13.3 Å². The number of nitrogen functional groups attached to an aromatic ring is 1. The molecule has 7 heteroatoms. The molecule has 0 aromatic heterocycles. The van der Waals surface area contributed by atoms with Gasteiger partial charge in [-0.25, -0.2) is 13.6 Å². The normalized spacial score (nSPS) is 13.3. The van der Waals surface area contributed by atoms with E-state index in [-0.39, 0.29) is 17.4 Å². The lowest BCUT2D eigenvalue weighted by atomic mass is 10.1. The predicted octanol–water partition coefficient (Wildman–Crippen LogP) is 0.347. The minimum absolute atomic E-state index is 0.0151. The Labute approximate surface area is 107 Å². The van der Waals surface area contributed by atoms with Gasteiger partial charge in [-0.3, -0.25) is 0 Å². The average molecular weight is 273 g/mol. The summed E-state index contributed by atoms with van der Waals surface area (Å²) >= 11 is 0. The quantitative estimate of drug-likeness (QED) is 0.558. The van der Waals surface area contributed by atoms with E-state index in [9.17, 15) is 8.42 Å². The molecule has 1 unspecified atom stereocenters. The first-order valence-electron chi connectivity index (χ1n) is 5.61. The molecule has 0 aliphatic carbocycles. The molecule has 0 bridgehead atoms. The van der Waals surface area contributed by atoms with Gasteiger partial charge in [0.1, 0.15) is 4.90 Å². The first-order chi connectivity index (χ1) is 8.34. The largest absolute Gasteiger partial charge is 0.399 e. The van der Waals surface area contributed by atoms with E-state index in [0.717, 1.165) is 0 Å². The van der Waals surface area contributed by atoms with E-state index in [2.05, 4.69) is 5.32 Å². The molecular formula is C11H19N3O3S. The van der Waals surface area contributed by atoms with Crippen molar-refractivity contribution in [2.75, 3.05) is 24.2 Å². The minimum Gasteiger partial charge on any atom is -0.399 e. The fraction of sp³-hybridized carbons (Fsp3) is 0.455. The molecule has 0 aliphatic rings. The van der Waals surface area contributed by atoms with Crippen molar-refractivity contribution in [2.45, 2.75) is 18.2 Å². The molecule has 0 spiro atoms. The van der Waals surface area contributed by atoms with Crippen LogP contribution in [0, 0.1) is 5.92 Å². The molecule has 0 saturated heterocycles. The maximum atomic E-state index is 11.4. The lowest BCUT2D eigenvalue weighted by Gasteiger charge is -2.15. The van der Waals surface area contributed by atoms with Gasteiger partial charge in [-0.05, 0) is 30.5 Å². The van der Waals surface area contributed by atoms with Crippen molar-refractivity contribution in [3.05, 3.63) is 18.2 Å². The van der Waals surface area contributed by atoms with E-state index >= 15 is 0 Å². The van der Waals surface area contributed by atoms with Gasteiger partial charge in [-0.15, -0.1) is 0 Å². The maximum absolute atomic E-state index is 11.4. The highest BCUT2D eigenvalue weighted by molar-refractivity contribution is 7.89. The van der Waals surface area contributed by atoms with Gasteiger partial charge in [0.25, 0.3) is 0 Å². The van der Waals surface area contributed by atoms with Crippen molar-refractivity contribution in [1.29, 1.82) is 0 Å². The molecule has 1 atom stereocenters. The molecule has 0 saturated carbocycles. The summed E-state index contributed by atoms with van der Waals surface area (Å²) in [6.45, 7) is 2.61. The summed E-state index contributed by atoms with van der Waals surface area (Å²) in [4.78, 5) is -0.0151. The van der Waals surface area contributed by atoms with Gasteiger partial charge in [0.05, 0.1) is 5.69 Å². The number of hydrogen-bond acceptors (Lipinski definition) is 5. The van der Waals surface area contributed by atoms with E-state index in [4.69, 9.17) is 16.0 Å². The summed E-state index contributed by atoms with van der Waals surface area (Å²) < 4.78 is 22.8. The zero-order valence-corrected chi connectivity index (χ0v) is 11.1. The summed E-state index contributed by atoms with van der Waals surface area (Å²) in [7, 11) is -3.81. The molecule has 1 aromatic carbocycles. The first kappa shape index (κ1) is 14.7. The van der Waals surface area contributed by atoms with Gasteiger partial charge in [0, 0.05) is 18.8 Å². The molecule has 0 heterocycles. The van der Waals surface area contributed by atoms with E-state index < -0.39 is 10.0 Å². The number of aliphatic hydroxyl groups is 1. The van der Waals surface area contributed by atoms with Crippen molar-refractivity contribution in [1.82, 2.24) is 0 Å². The van der Waals surface area contributed by atoms with Crippen LogP contribution >= 0.6 is 0 Å². The Hall–Kier alpha value is -1.31. The van der Waals surface area contributed by atoms with Gasteiger partial charge in [0.2, 0.25) is 10.0 Å². The van der Waals surface area contributed by atoms with E-state index in [1.165, 1.54) is 6.07 Å². The molecule has 1 rings (SSSR count). The van der Waals surface area contributed by atoms with Crippen molar-refractivity contribution in [2.24, 2.45) is 11.1 Å². The van der Waals surface area contributed by atoms with Crippen LogP contribution in [-0.4, -0.2) is 26.7 Å². The number of benzene rings is 1. The number of nitrogens with one attached hydrogen (secondary N) is 1. The van der Waals surface area contributed by atoms with Gasteiger partial charge in [0.15, 0.2) is 0 Å². The summed E-state index contributed by atoms with van der Waals surface area (Å²) in [6.07, 6.45) is 0.646. The van der Waals surface area contributed by atoms with Gasteiger partial charge >= 0.3 is 0 Å². The number of rotatable bonds is 6. The fourth-order valence-corrected chi connectivity index (χ4v) is 2.27. The molecule has 18 heavy (non-hydrogen) atoms. The Morgan fingerprint density at radius 3 is 2.67 bits per heavy atom. The van der Waals surface area contributed by atoms with Crippen molar-refractivity contribution < 1.29 is 13.5 Å². The molecule has 1 aromatic rings. The summed E-state index contributed by atoms with van der Waals surface area (Å²) in [5.41, 5.74) is 6.32. The highest BCUT2D eigenvalue weighted by atomic mass is 32.2.